The van der Waals surface area contributed by atoms with E-state index in [4.69, 9.17) is 0 Å². The summed E-state index contributed by atoms with van der Waals surface area (Å²) in [6.45, 7) is 3.33. The number of rotatable bonds is 8. The number of amides is 1. The van der Waals surface area contributed by atoms with E-state index < -0.39 is 0 Å². The average Bonchev–Trinajstić information content (AvgIpc) is 2.71. The van der Waals surface area contributed by atoms with Crippen molar-refractivity contribution in [3.8, 4) is 0 Å². The third-order valence-corrected chi connectivity index (χ3v) is 4.22. The van der Waals surface area contributed by atoms with E-state index in [-0.39, 0.29) is 5.91 Å². The Labute approximate surface area is 159 Å². The molecular weight excluding hydrogens is 336 g/mol. The molecule has 0 saturated carbocycles. The standard InChI is InChI=1S/C22H24N4O/c1-17-7-5-10-19(13-17)14-24-22-25-15-20(16-26-22)21(27)23-12-6-11-18-8-3-2-4-9-18/h2-5,7-10,13,15-16H,6,11-12,14H2,1H3,(H,23,27)(H,24,25,26). The van der Waals surface area contributed by atoms with Gasteiger partial charge >= 0.3 is 0 Å². The molecular formula is C22H24N4O. The largest absolute Gasteiger partial charge is 0.352 e. The van der Waals surface area contributed by atoms with Crippen molar-refractivity contribution >= 4 is 11.9 Å². The van der Waals surface area contributed by atoms with Gasteiger partial charge in [-0.15, -0.1) is 0 Å². The normalized spacial score (nSPS) is 10.4. The summed E-state index contributed by atoms with van der Waals surface area (Å²) in [4.78, 5) is 20.6. The highest BCUT2D eigenvalue weighted by Gasteiger charge is 2.06. The molecule has 0 aliphatic carbocycles. The third-order valence-electron chi connectivity index (χ3n) is 4.22. The van der Waals surface area contributed by atoms with Crippen molar-refractivity contribution < 1.29 is 4.79 Å². The Morgan fingerprint density at radius 1 is 0.963 bits per heavy atom. The fourth-order valence-corrected chi connectivity index (χ4v) is 2.78. The number of hydrogen-bond acceptors (Lipinski definition) is 4. The van der Waals surface area contributed by atoms with E-state index >= 15 is 0 Å². The first-order valence-electron chi connectivity index (χ1n) is 9.14. The molecule has 0 atom stereocenters. The summed E-state index contributed by atoms with van der Waals surface area (Å²) in [6, 6.07) is 18.5. The first-order chi connectivity index (χ1) is 13.2. The van der Waals surface area contributed by atoms with Crippen LogP contribution in [0.2, 0.25) is 0 Å². The van der Waals surface area contributed by atoms with Crippen molar-refractivity contribution in [1.29, 1.82) is 0 Å². The lowest BCUT2D eigenvalue weighted by molar-refractivity contribution is 0.0952. The van der Waals surface area contributed by atoms with Crippen molar-refractivity contribution in [3.63, 3.8) is 0 Å². The van der Waals surface area contributed by atoms with E-state index in [2.05, 4.69) is 57.9 Å². The van der Waals surface area contributed by atoms with Crippen LogP contribution in [0.15, 0.2) is 67.0 Å². The Hall–Kier alpha value is -3.21. The summed E-state index contributed by atoms with van der Waals surface area (Å²) >= 11 is 0. The zero-order chi connectivity index (χ0) is 18.9. The number of hydrogen-bond donors (Lipinski definition) is 2. The summed E-state index contributed by atoms with van der Waals surface area (Å²) in [5.74, 6) is 0.366. The first kappa shape index (κ1) is 18.6. The maximum Gasteiger partial charge on any atom is 0.254 e. The molecule has 0 spiro atoms. The molecule has 0 aliphatic rings. The number of nitrogens with one attached hydrogen (secondary N) is 2. The van der Waals surface area contributed by atoms with Crippen molar-refractivity contribution in [2.45, 2.75) is 26.3 Å². The van der Waals surface area contributed by atoms with Crippen molar-refractivity contribution in [2.75, 3.05) is 11.9 Å². The molecule has 5 nitrogen and oxygen atoms in total. The molecule has 2 aromatic carbocycles. The molecule has 3 rings (SSSR count). The fourth-order valence-electron chi connectivity index (χ4n) is 2.78. The van der Waals surface area contributed by atoms with Crippen molar-refractivity contribution in [1.82, 2.24) is 15.3 Å². The van der Waals surface area contributed by atoms with E-state index in [9.17, 15) is 4.79 Å². The van der Waals surface area contributed by atoms with E-state index in [1.807, 2.05) is 24.3 Å². The van der Waals surface area contributed by atoms with Gasteiger partial charge in [0.25, 0.3) is 5.91 Å². The summed E-state index contributed by atoms with van der Waals surface area (Å²) < 4.78 is 0. The molecule has 0 radical (unpaired) electrons. The van der Waals surface area contributed by atoms with Gasteiger partial charge in [-0.3, -0.25) is 4.79 Å². The minimum absolute atomic E-state index is 0.145. The molecule has 2 N–H and O–H groups in total. The van der Waals surface area contributed by atoms with Gasteiger partial charge in [0.2, 0.25) is 5.95 Å². The number of aromatic nitrogens is 2. The van der Waals surface area contributed by atoms with Crippen LogP contribution in [0.5, 0.6) is 0 Å². The zero-order valence-corrected chi connectivity index (χ0v) is 15.5. The van der Waals surface area contributed by atoms with Crippen LogP contribution in [-0.2, 0) is 13.0 Å². The Bertz CT molecular complexity index is 863. The van der Waals surface area contributed by atoms with Crippen molar-refractivity contribution in [3.05, 3.63) is 89.2 Å². The minimum Gasteiger partial charge on any atom is -0.352 e. The van der Waals surface area contributed by atoms with Crippen molar-refractivity contribution in [2.24, 2.45) is 0 Å². The van der Waals surface area contributed by atoms with Gasteiger partial charge in [0.15, 0.2) is 0 Å². The van der Waals surface area contributed by atoms with Crippen LogP contribution in [-0.4, -0.2) is 22.4 Å². The lowest BCUT2D eigenvalue weighted by Gasteiger charge is -2.07. The van der Waals surface area contributed by atoms with Gasteiger partial charge in [-0.05, 0) is 30.9 Å². The average molecular weight is 360 g/mol. The molecule has 5 heteroatoms. The van der Waals surface area contributed by atoms with E-state index in [1.165, 1.54) is 16.7 Å². The third kappa shape index (κ3) is 5.92. The van der Waals surface area contributed by atoms with E-state index in [0.29, 0.717) is 24.6 Å². The Kier molecular flexibility index (Phi) is 6.52. The SMILES string of the molecule is Cc1cccc(CNc2ncc(C(=O)NCCCc3ccccc3)cn2)c1. The first-order valence-corrected chi connectivity index (χ1v) is 9.14. The number of nitrogens with zero attached hydrogens (tertiary/aromatic N) is 2. The molecule has 0 saturated heterocycles. The second-order valence-electron chi connectivity index (χ2n) is 6.48. The van der Waals surface area contributed by atoms with Gasteiger partial charge in [-0.1, -0.05) is 60.2 Å². The van der Waals surface area contributed by atoms with Gasteiger partial charge in [0, 0.05) is 25.5 Å². The van der Waals surface area contributed by atoms with Crippen LogP contribution in [0.4, 0.5) is 5.95 Å². The quantitative estimate of drug-likeness (QED) is 0.600. The molecule has 0 bridgehead atoms. The van der Waals surface area contributed by atoms with Gasteiger partial charge in [0.1, 0.15) is 0 Å². The van der Waals surface area contributed by atoms with Gasteiger partial charge in [-0.2, -0.15) is 0 Å². The van der Waals surface area contributed by atoms with Gasteiger partial charge in [0.05, 0.1) is 5.56 Å². The molecule has 0 unspecified atom stereocenters. The predicted octanol–water partition coefficient (Wildman–Crippen LogP) is 3.76. The minimum atomic E-state index is -0.145. The smallest absolute Gasteiger partial charge is 0.254 e. The zero-order valence-electron chi connectivity index (χ0n) is 15.5. The van der Waals surface area contributed by atoms with Crippen LogP contribution >= 0.6 is 0 Å². The monoisotopic (exact) mass is 360 g/mol. The second kappa shape index (κ2) is 9.48. The van der Waals surface area contributed by atoms with Gasteiger partial charge < -0.3 is 10.6 Å². The van der Waals surface area contributed by atoms with E-state index in [0.717, 1.165) is 12.8 Å². The highest BCUT2D eigenvalue weighted by atomic mass is 16.1. The molecule has 0 aliphatic heterocycles. The maximum absolute atomic E-state index is 12.2. The highest BCUT2D eigenvalue weighted by molar-refractivity contribution is 5.93. The number of benzene rings is 2. The molecule has 0 fully saturated rings. The molecule has 1 heterocycles. The van der Waals surface area contributed by atoms with E-state index in [1.54, 1.807) is 12.4 Å². The van der Waals surface area contributed by atoms with Crippen LogP contribution in [0.1, 0.15) is 33.5 Å². The van der Waals surface area contributed by atoms with Crippen LogP contribution in [0, 0.1) is 6.92 Å². The lowest BCUT2D eigenvalue weighted by Crippen LogP contribution is -2.25. The Morgan fingerprint density at radius 3 is 2.44 bits per heavy atom. The fraction of sp³-hybridized carbons (Fsp3) is 0.227. The summed E-state index contributed by atoms with van der Waals surface area (Å²) in [6.07, 6.45) is 4.95. The van der Waals surface area contributed by atoms with Gasteiger partial charge in [-0.25, -0.2) is 9.97 Å². The Balaban J connectivity index is 1.43. The molecule has 138 valence electrons. The van der Waals surface area contributed by atoms with Crippen LogP contribution < -0.4 is 10.6 Å². The Morgan fingerprint density at radius 2 is 1.70 bits per heavy atom. The topological polar surface area (TPSA) is 66.9 Å². The summed E-state index contributed by atoms with van der Waals surface area (Å²) in [5, 5.41) is 6.08. The summed E-state index contributed by atoms with van der Waals surface area (Å²) in [5.41, 5.74) is 4.13. The number of carbonyl (C=O) groups is 1. The molecule has 3 aromatic rings. The predicted molar refractivity (Wildman–Crippen MR) is 108 cm³/mol. The van der Waals surface area contributed by atoms with Crippen LogP contribution in [0.25, 0.3) is 0 Å². The molecule has 1 amide bonds. The molecule has 1 aromatic heterocycles. The van der Waals surface area contributed by atoms with Crippen LogP contribution in [0.3, 0.4) is 0 Å². The number of aryl methyl sites for hydroxylation is 2. The maximum atomic E-state index is 12.2. The lowest BCUT2D eigenvalue weighted by atomic mass is 10.1. The molecule has 27 heavy (non-hydrogen) atoms. The summed E-state index contributed by atoms with van der Waals surface area (Å²) in [7, 11) is 0. The highest BCUT2D eigenvalue weighted by Crippen LogP contribution is 2.07. The second-order valence-corrected chi connectivity index (χ2v) is 6.48. The number of carbonyl (C=O) groups excluding carboxylic acids is 1. The number of anilines is 1.